The predicted molar refractivity (Wildman–Crippen MR) is 96.4 cm³/mol. The number of hydrogen-bond acceptors (Lipinski definition) is 3. The molecule has 0 aliphatic rings. The zero-order valence-corrected chi connectivity index (χ0v) is 14.3. The maximum Gasteiger partial charge on any atom is 0.277 e. The number of benzene rings is 2. The summed E-state index contributed by atoms with van der Waals surface area (Å²) in [5, 5.41) is 3.92. The number of rotatable bonds is 6. The van der Waals surface area contributed by atoms with Crippen molar-refractivity contribution in [2.45, 2.75) is 6.92 Å². The molecule has 0 aliphatic carbocycles. The number of nitrogens with one attached hydrogen (secondary N) is 1. The van der Waals surface area contributed by atoms with E-state index in [0.717, 1.165) is 15.6 Å². The molecule has 0 saturated carbocycles. The Hall–Kier alpha value is -2.40. The maximum absolute atomic E-state index is 11.7. The van der Waals surface area contributed by atoms with Gasteiger partial charge in [0.2, 0.25) is 0 Å². The van der Waals surface area contributed by atoms with E-state index in [9.17, 15) is 4.79 Å². The van der Waals surface area contributed by atoms with Gasteiger partial charge in [-0.05, 0) is 36.3 Å². The minimum Gasteiger partial charge on any atom is -0.484 e. The van der Waals surface area contributed by atoms with Crippen LogP contribution in [0.3, 0.4) is 0 Å². The van der Waals surface area contributed by atoms with Gasteiger partial charge in [-0.1, -0.05) is 58.4 Å². The Balaban J connectivity index is 1.78. The van der Waals surface area contributed by atoms with Crippen LogP contribution in [0.5, 0.6) is 5.75 Å². The van der Waals surface area contributed by atoms with Crippen molar-refractivity contribution in [3.05, 3.63) is 70.2 Å². The number of carbonyl (C=O) groups excluding carboxylic acids is 1. The average molecular weight is 373 g/mol. The zero-order chi connectivity index (χ0) is 16.5. The minimum atomic E-state index is -0.311. The summed E-state index contributed by atoms with van der Waals surface area (Å²) in [4.78, 5) is 11.7. The fourth-order valence-electron chi connectivity index (χ4n) is 1.79. The van der Waals surface area contributed by atoms with Gasteiger partial charge in [0.25, 0.3) is 5.91 Å². The van der Waals surface area contributed by atoms with E-state index in [1.54, 1.807) is 18.3 Å². The monoisotopic (exact) mass is 372 g/mol. The molecular weight excluding hydrogens is 356 g/mol. The summed E-state index contributed by atoms with van der Waals surface area (Å²) >= 11 is 3.34. The molecule has 0 atom stereocenters. The molecule has 1 amide bonds. The lowest BCUT2D eigenvalue weighted by atomic mass is 10.1. The lowest BCUT2D eigenvalue weighted by Crippen LogP contribution is -2.24. The van der Waals surface area contributed by atoms with Gasteiger partial charge >= 0.3 is 0 Å². The first-order chi connectivity index (χ1) is 11.1. The smallest absolute Gasteiger partial charge is 0.277 e. The second-order valence-corrected chi connectivity index (χ2v) is 5.75. The van der Waals surface area contributed by atoms with Crippen molar-refractivity contribution in [1.82, 2.24) is 5.43 Å². The van der Waals surface area contributed by atoms with E-state index < -0.39 is 0 Å². The molecule has 0 spiro atoms. The molecular formula is C18H17BrN2O2. The van der Waals surface area contributed by atoms with Crippen LogP contribution >= 0.6 is 15.9 Å². The molecule has 0 aliphatic heterocycles. The highest BCUT2D eigenvalue weighted by Gasteiger charge is 2.01. The fraction of sp³-hybridized carbons (Fsp3) is 0.111. The van der Waals surface area contributed by atoms with Crippen LogP contribution in [0.15, 0.2) is 69.7 Å². The van der Waals surface area contributed by atoms with Crippen molar-refractivity contribution in [2.75, 3.05) is 6.61 Å². The minimum absolute atomic E-state index is 0.0881. The SMILES string of the molecule is CC(/C=N\NC(=O)COc1cccc(Br)c1)=C\c1ccccc1. The summed E-state index contributed by atoms with van der Waals surface area (Å²) in [5.41, 5.74) is 4.46. The van der Waals surface area contributed by atoms with Crippen LogP contribution in [0.25, 0.3) is 6.08 Å². The summed E-state index contributed by atoms with van der Waals surface area (Å²) in [6.07, 6.45) is 3.58. The quantitative estimate of drug-likeness (QED) is 0.614. The summed E-state index contributed by atoms with van der Waals surface area (Å²) in [5.74, 6) is 0.312. The number of nitrogens with zero attached hydrogens (tertiary/aromatic N) is 1. The lowest BCUT2D eigenvalue weighted by Gasteiger charge is -2.05. The first-order valence-electron chi connectivity index (χ1n) is 7.07. The molecule has 4 nitrogen and oxygen atoms in total. The number of amides is 1. The molecule has 1 N–H and O–H groups in total. The summed E-state index contributed by atoms with van der Waals surface area (Å²) in [6.45, 7) is 1.83. The van der Waals surface area contributed by atoms with Crippen LogP contribution in [0.2, 0.25) is 0 Å². The van der Waals surface area contributed by atoms with Crippen molar-refractivity contribution in [3.8, 4) is 5.75 Å². The molecule has 2 aromatic carbocycles. The van der Waals surface area contributed by atoms with E-state index in [1.165, 1.54) is 0 Å². The number of allylic oxidation sites excluding steroid dienone is 1. The van der Waals surface area contributed by atoms with Gasteiger partial charge in [-0.3, -0.25) is 4.79 Å². The van der Waals surface area contributed by atoms with Crippen LogP contribution in [-0.4, -0.2) is 18.7 Å². The Labute approximate surface area is 144 Å². The van der Waals surface area contributed by atoms with E-state index in [4.69, 9.17) is 4.74 Å². The van der Waals surface area contributed by atoms with Crippen molar-refractivity contribution in [2.24, 2.45) is 5.10 Å². The van der Waals surface area contributed by atoms with E-state index >= 15 is 0 Å². The lowest BCUT2D eigenvalue weighted by molar-refractivity contribution is -0.123. The number of carbonyl (C=O) groups is 1. The topological polar surface area (TPSA) is 50.7 Å². The van der Waals surface area contributed by atoms with E-state index in [1.807, 2.05) is 55.5 Å². The van der Waals surface area contributed by atoms with Gasteiger partial charge in [0.1, 0.15) is 5.75 Å². The fourth-order valence-corrected chi connectivity index (χ4v) is 2.17. The molecule has 0 fully saturated rings. The molecule has 23 heavy (non-hydrogen) atoms. The number of ether oxygens (including phenoxy) is 1. The van der Waals surface area contributed by atoms with Crippen LogP contribution in [0.1, 0.15) is 12.5 Å². The second kappa shape index (κ2) is 8.90. The third-order valence-electron chi connectivity index (χ3n) is 2.82. The Morgan fingerprint density at radius 3 is 2.74 bits per heavy atom. The summed E-state index contributed by atoms with van der Waals surface area (Å²) < 4.78 is 6.27. The van der Waals surface area contributed by atoms with Gasteiger partial charge in [0.15, 0.2) is 6.61 Å². The van der Waals surface area contributed by atoms with Gasteiger partial charge in [0.05, 0.1) is 6.21 Å². The first-order valence-corrected chi connectivity index (χ1v) is 7.86. The average Bonchev–Trinajstić information content (AvgIpc) is 2.54. The maximum atomic E-state index is 11.7. The van der Waals surface area contributed by atoms with E-state index in [0.29, 0.717) is 5.75 Å². The number of halogens is 1. The molecule has 118 valence electrons. The highest BCUT2D eigenvalue weighted by molar-refractivity contribution is 9.10. The van der Waals surface area contributed by atoms with E-state index in [-0.39, 0.29) is 12.5 Å². The molecule has 0 unspecified atom stereocenters. The normalized spacial score (nSPS) is 11.5. The van der Waals surface area contributed by atoms with Crippen molar-refractivity contribution in [1.29, 1.82) is 0 Å². The molecule has 0 radical (unpaired) electrons. The van der Waals surface area contributed by atoms with Crippen molar-refractivity contribution >= 4 is 34.1 Å². The van der Waals surface area contributed by atoms with Gasteiger partial charge < -0.3 is 4.74 Å². The van der Waals surface area contributed by atoms with E-state index in [2.05, 4.69) is 26.5 Å². The van der Waals surface area contributed by atoms with Crippen LogP contribution < -0.4 is 10.2 Å². The van der Waals surface area contributed by atoms with Crippen LogP contribution in [0.4, 0.5) is 0 Å². The largest absolute Gasteiger partial charge is 0.484 e. The molecule has 0 saturated heterocycles. The molecule has 0 aromatic heterocycles. The molecule has 5 heteroatoms. The second-order valence-electron chi connectivity index (χ2n) is 4.84. The first kappa shape index (κ1) is 17.0. The highest BCUT2D eigenvalue weighted by Crippen LogP contribution is 2.17. The standard InChI is InChI=1S/C18H17BrN2O2/c1-14(10-15-6-3-2-4-7-15)12-20-21-18(22)13-23-17-9-5-8-16(19)11-17/h2-12H,13H2,1H3,(H,21,22)/b14-10+,20-12-. The van der Waals surface area contributed by atoms with Crippen molar-refractivity contribution < 1.29 is 9.53 Å². The predicted octanol–water partition coefficient (Wildman–Crippen LogP) is 4.03. The Morgan fingerprint density at radius 2 is 2.00 bits per heavy atom. The van der Waals surface area contributed by atoms with Crippen LogP contribution in [0, 0.1) is 0 Å². The Kier molecular flexibility index (Phi) is 6.56. The number of hydrazone groups is 1. The van der Waals surface area contributed by atoms with Gasteiger partial charge in [0, 0.05) is 4.47 Å². The summed E-state index contributed by atoms with van der Waals surface area (Å²) in [7, 11) is 0. The molecule has 0 bridgehead atoms. The van der Waals surface area contributed by atoms with Gasteiger partial charge in [-0.15, -0.1) is 0 Å². The molecule has 0 heterocycles. The Morgan fingerprint density at radius 1 is 1.22 bits per heavy atom. The molecule has 2 aromatic rings. The summed E-state index contributed by atoms with van der Waals surface area (Å²) in [6, 6.07) is 17.2. The highest BCUT2D eigenvalue weighted by atomic mass is 79.9. The van der Waals surface area contributed by atoms with Gasteiger partial charge in [-0.25, -0.2) is 5.43 Å². The Bertz CT molecular complexity index is 712. The third-order valence-corrected chi connectivity index (χ3v) is 3.31. The third kappa shape index (κ3) is 6.48. The zero-order valence-electron chi connectivity index (χ0n) is 12.7. The van der Waals surface area contributed by atoms with Crippen molar-refractivity contribution in [3.63, 3.8) is 0 Å². The molecule has 2 rings (SSSR count). The van der Waals surface area contributed by atoms with Crippen LogP contribution in [-0.2, 0) is 4.79 Å². The number of hydrogen-bond donors (Lipinski definition) is 1. The van der Waals surface area contributed by atoms with Gasteiger partial charge in [-0.2, -0.15) is 5.10 Å².